The zero-order valence-electron chi connectivity index (χ0n) is 65.0. The number of H-pyrrole nitrogens is 1. The van der Waals surface area contributed by atoms with Crippen LogP contribution < -0.4 is 103 Å². The predicted octanol–water partition coefficient (Wildman–Crippen LogP) is -5.49. The predicted molar refractivity (Wildman–Crippen MR) is 408 cm³/mol. The number of rotatable bonds is 52. The van der Waals surface area contributed by atoms with Crippen LogP contribution in [0, 0.1) is 34.5 Å². The number of aromatic nitrogens is 2. The number of benzene rings is 1. The summed E-state index contributed by atoms with van der Waals surface area (Å²) in [5, 5.41) is 83.1. The second kappa shape index (κ2) is 48.8. The number of carboxylic acids is 2. The number of amides is 14. The van der Waals surface area contributed by atoms with Crippen LogP contribution >= 0.6 is 0 Å². The Morgan fingerprint density at radius 1 is 0.513 bits per heavy atom. The third kappa shape index (κ3) is 35.4. The van der Waals surface area contributed by atoms with E-state index in [0.29, 0.717) is 24.9 Å². The van der Waals surface area contributed by atoms with Crippen molar-refractivity contribution in [3.63, 3.8) is 0 Å². The Morgan fingerprint density at radius 3 is 1.42 bits per heavy atom. The van der Waals surface area contributed by atoms with E-state index < -0.39 is 235 Å². The van der Waals surface area contributed by atoms with Crippen LogP contribution in [0.25, 0.3) is 0 Å². The van der Waals surface area contributed by atoms with Crippen LogP contribution in [0.15, 0.2) is 36.8 Å². The molecule has 14 amide bonds. The van der Waals surface area contributed by atoms with Crippen molar-refractivity contribution < 1.29 is 92.0 Å². The van der Waals surface area contributed by atoms with Crippen molar-refractivity contribution >= 4 is 107 Å². The highest BCUT2D eigenvalue weighted by Gasteiger charge is 2.40. The van der Waals surface area contributed by atoms with E-state index in [-0.39, 0.29) is 88.2 Å². The molecule has 29 N–H and O–H groups in total. The molecule has 1 aliphatic heterocycles. The Balaban J connectivity index is 1.93. The minimum atomic E-state index is -1.78. The van der Waals surface area contributed by atoms with Crippen LogP contribution in [0.4, 0.5) is 0 Å². The zero-order valence-corrected chi connectivity index (χ0v) is 65.0. The van der Waals surface area contributed by atoms with E-state index in [1.165, 1.54) is 50.6 Å². The monoisotopic (exact) mass is 1590 g/mol. The van der Waals surface area contributed by atoms with Crippen molar-refractivity contribution in [1.29, 1.82) is 10.8 Å². The first-order chi connectivity index (χ1) is 53.2. The lowest BCUT2D eigenvalue weighted by Crippen LogP contribution is -2.62. The van der Waals surface area contributed by atoms with Gasteiger partial charge in [0.05, 0.1) is 31.0 Å². The van der Waals surface area contributed by atoms with Gasteiger partial charge in [-0.2, -0.15) is 0 Å². The third-order valence-electron chi connectivity index (χ3n) is 18.5. The summed E-state index contributed by atoms with van der Waals surface area (Å²) in [5.74, 6) is -19.7. The molecule has 628 valence electrons. The number of guanidine groups is 2. The molecule has 2 aromatic rings. The highest BCUT2D eigenvalue weighted by Crippen LogP contribution is 2.18. The number of phenols is 1. The zero-order chi connectivity index (χ0) is 84.8. The lowest BCUT2D eigenvalue weighted by molar-refractivity contribution is -0.143. The molecular weight excluding hydrogens is 1480 g/mol. The average Bonchev–Trinajstić information content (AvgIpc) is 1.41. The van der Waals surface area contributed by atoms with Gasteiger partial charge >= 0.3 is 11.9 Å². The Bertz CT molecular complexity index is 3600. The lowest BCUT2D eigenvalue weighted by atomic mass is 9.95. The summed E-state index contributed by atoms with van der Waals surface area (Å²) in [6, 6.07) is -11.7. The normalized spacial score (nSPS) is 15.9. The number of nitrogens with two attached hydrogens (primary N) is 4. The van der Waals surface area contributed by atoms with E-state index in [9.17, 15) is 92.0 Å². The number of primary amides is 2. The largest absolute Gasteiger partial charge is 0.508 e. The number of phenolic OH excluding ortho intramolecular Hbond substituents is 1. The van der Waals surface area contributed by atoms with Gasteiger partial charge in [0, 0.05) is 45.0 Å². The van der Waals surface area contributed by atoms with Crippen LogP contribution in [-0.2, 0) is 89.6 Å². The van der Waals surface area contributed by atoms with E-state index in [4.69, 9.17) is 33.8 Å². The number of hydrogen-bond donors (Lipinski definition) is 25. The van der Waals surface area contributed by atoms with Crippen molar-refractivity contribution in [2.45, 2.75) is 231 Å². The van der Waals surface area contributed by atoms with Crippen LogP contribution in [0.2, 0.25) is 0 Å². The van der Waals surface area contributed by atoms with E-state index >= 15 is 0 Å². The average molecular weight is 1590 g/mol. The van der Waals surface area contributed by atoms with E-state index in [1.807, 2.05) is 0 Å². The fourth-order valence-electron chi connectivity index (χ4n) is 11.7. The van der Waals surface area contributed by atoms with Gasteiger partial charge in [0.25, 0.3) is 0 Å². The van der Waals surface area contributed by atoms with Crippen LogP contribution in [-0.4, -0.2) is 231 Å². The van der Waals surface area contributed by atoms with Crippen LogP contribution in [0.5, 0.6) is 5.75 Å². The van der Waals surface area contributed by atoms with Crippen molar-refractivity contribution in [2.75, 3.05) is 26.2 Å². The standard InChI is InChI=1S/C71H115N23O19/c1-9-37(7)56(68(111)90-47(28-35(3)4)64(107)87-46(22-24-54(99)100)61(104)91-50(69(112)113)30-40-32-78-34-83-40)93-63(106)44(16-13-27-81-71(76)77)85-60(103)45(21-23-51(72)96)88-67(110)57(38(8)10-2)94-66(109)55(36(5)6)92-62(105)43(15-12-26-80-70(74)75)86-65(108)49(31-52(73)97)84-53(98)33-82-58(101)48(29-39-17-19-41(95)20-18-39)89-59(102)42-14-11-25-79-42/h17-20,32,34-38,42-50,55-57,79,95H,9-16,21-31,33H2,1-8H3,(H2,72,96)(H2,73,97)(H,78,83)(H,82,101)(H,84,98)(H,85,103)(H,86,108)(H,87,107)(H,88,110)(H,89,102)(H,90,111)(H,91,104)(H,92,105)(H,93,106)(H,94,109)(H,99,100)(H,112,113)(H4,74,75,80)(H4,76,77,81)/t37-,38-,42-,43-,44-,45-,46-,47-,48-,49-,50-,55-,56-,57-/m0/s1. The highest BCUT2D eigenvalue weighted by molar-refractivity contribution is 6.00. The van der Waals surface area contributed by atoms with Gasteiger partial charge < -0.3 is 123 Å². The number of nitrogens with one attached hydrogen (secondary N) is 18. The second-order valence-electron chi connectivity index (χ2n) is 28.6. The second-order valence-corrected chi connectivity index (χ2v) is 28.6. The molecule has 42 nitrogen and oxygen atoms in total. The summed E-state index contributed by atoms with van der Waals surface area (Å²) in [6.45, 7) is 12.8. The molecule has 0 bridgehead atoms. The Labute approximate surface area is 653 Å². The van der Waals surface area contributed by atoms with Crippen molar-refractivity contribution in [2.24, 2.45) is 46.6 Å². The molecule has 1 aromatic heterocycles. The summed E-state index contributed by atoms with van der Waals surface area (Å²) in [4.78, 5) is 226. The summed E-state index contributed by atoms with van der Waals surface area (Å²) in [5.41, 5.74) is 22.9. The van der Waals surface area contributed by atoms with E-state index in [2.05, 4.69) is 89.7 Å². The maximum Gasteiger partial charge on any atom is 0.326 e. The van der Waals surface area contributed by atoms with Crippen molar-refractivity contribution in [3.8, 4) is 5.75 Å². The molecule has 0 unspecified atom stereocenters. The smallest absolute Gasteiger partial charge is 0.326 e. The minimum absolute atomic E-state index is 0.0170. The Hall–Kier alpha value is -11.7. The van der Waals surface area contributed by atoms with Gasteiger partial charge in [-0.25, -0.2) is 9.78 Å². The molecule has 1 saturated heterocycles. The molecule has 113 heavy (non-hydrogen) atoms. The molecule has 42 heteroatoms. The molecule has 1 aromatic carbocycles. The Kier molecular flexibility index (Phi) is 41.2. The van der Waals surface area contributed by atoms with E-state index in [1.54, 1.807) is 41.5 Å². The van der Waals surface area contributed by atoms with Crippen LogP contribution in [0.1, 0.15) is 157 Å². The van der Waals surface area contributed by atoms with Gasteiger partial charge in [-0.15, -0.1) is 0 Å². The van der Waals surface area contributed by atoms with Crippen LogP contribution in [0.3, 0.4) is 0 Å². The number of aromatic amines is 1. The lowest BCUT2D eigenvalue weighted by Gasteiger charge is -2.31. The maximum atomic E-state index is 14.7. The fraction of sp³-hybridized carbons (Fsp3) is 0.620. The number of aromatic hydroxyl groups is 1. The molecule has 2 heterocycles. The first-order valence-corrected chi connectivity index (χ1v) is 37.5. The van der Waals surface area contributed by atoms with Gasteiger partial charge in [-0.3, -0.25) is 82.7 Å². The van der Waals surface area contributed by atoms with Gasteiger partial charge in [0.2, 0.25) is 82.7 Å². The van der Waals surface area contributed by atoms with Gasteiger partial charge in [-0.1, -0.05) is 80.4 Å². The number of carboxylic acid groups (broad SMARTS) is 2. The first-order valence-electron chi connectivity index (χ1n) is 37.5. The first kappa shape index (κ1) is 95.5. The molecule has 1 aliphatic rings. The summed E-state index contributed by atoms with van der Waals surface area (Å²) < 4.78 is 0. The molecule has 0 spiro atoms. The summed E-state index contributed by atoms with van der Waals surface area (Å²) in [6.07, 6.45) is 0.483. The molecule has 3 rings (SSSR count). The fourth-order valence-corrected chi connectivity index (χ4v) is 11.7. The van der Waals surface area contributed by atoms with E-state index in [0.717, 1.165) is 0 Å². The van der Waals surface area contributed by atoms with Gasteiger partial charge in [-0.05, 0) is 106 Å². The topological polar surface area (TPSA) is 695 Å². The molecular formula is C71H115N23O19. The molecule has 0 radical (unpaired) electrons. The van der Waals surface area contributed by atoms with Gasteiger partial charge in [0.1, 0.15) is 72.2 Å². The number of hydrogen-bond acceptors (Lipinski definition) is 21. The quantitative estimate of drug-likeness (QED) is 0.0167. The third-order valence-corrected chi connectivity index (χ3v) is 18.5. The summed E-state index contributed by atoms with van der Waals surface area (Å²) >= 11 is 0. The van der Waals surface area contributed by atoms with Crippen molar-refractivity contribution in [1.82, 2.24) is 89.7 Å². The minimum Gasteiger partial charge on any atom is -0.508 e. The molecule has 14 atom stereocenters. The number of carbonyl (C=O) groups is 16. The number of imidazole rings is 1. The van der Waals surface area contributed by atoms with Crippen molar-refractivity contribution in [3.05, 3.63) is 48.0 Å². The highest BCUT2D eigenvalue weighted by atomic mass is 16.4. The molecule has 0 aliphatic carbocycles. The maximum absolute atomic E-state index is 14.7. The number of nitrogens with zero attached hydrogens (tertiary/aromatic N) is 1. The Morgan fingerprint density at radius 2 is 0.973 bits per heavy atom. The number of aliphatic carboxylic acids is 2. The SMILES string of the molecule is CC[C@H](C)[C@H](NC(=O)[C@H](CCCNC(=N)N)NC(=O)[C@H](CCC(N)=O)NC(=O)[C@@H](NC(=O)[C@@H](NC(=O)[C@H](CCCNC(=N)N)NC(=O)[C@H](CC(N)=O)NC(=O)CNC(=O)[C@H](Cc1ccc(O)cc1)NC(=O)[C@@H]1CCCN1)C(C)C)[C@@H](C)CC)C(=O)N[C@@H](CC(C)C)C(=O)N[C@@H](CCC(=O)O)C(=O)N[C@@H](Cc1c[nH]cn1)C(=O)O. The number of carbonyl (C=O) groups excluding carboxylic acids is 14. The molecule has 1 fully saturated rings. The summed E-state index contributed by atoms with van der Waals surface area (Å²) in [7, 11) is 0. The van der Waals surface area contributed by atoms with Gasteiger partial charge in [0.15, 0.2) is 11.9 Å². The molecule has 0 saturated carbocycles.